The van der Waals surface area contributed by atoms with Crippen molar-refractivity contribution in [3.8, 4) is 5.75 Å². The number of amides is 2. The van der Waals surface area contributed by atoms with Crippen molar-refractivity contribution in [2.45, 2.75) is 52.7 Å². The fourth-order valence-corrected chi connectivity index (χ4v) is 2.93. The molecule has 1 aromatic heterocycles. The average Bonchev–Trinajstić information content (AvgIpc) is 3.05. The van der Waals surface area contributed by atoms with Crippen molar-refractivity contribution in [3.05, 3.63) is 35.2 Å². The maximum absolute atomic E-state index is 12.0. The van der Waals surface area contributed by atoms with Crippen LogP contribution in [0.5, 0.6) is 5.75 Å². The van der Waals surface area contributed by atoms with Crippen molar-refractivity contribution >= 4 is 12.0 Å². The lowest BCUT2D eigenvalue weighted by atomic mass is 10.0. The number of H-pyrrole nitrogens is 1. The quantitative estimate of drug-likeness (QED) is 0.778. The Hall–Kier alpha value is -2.57. The van der Waals surface area contributed by atoms with Crippen molar-refractivity contribution < 1.29 is 9.53 Å². The Morgan fingerprint density at radius 1 is 1.40 bits per heavy atom. The monoisotopic (exact) mass is 343 g/mol. The van der Waals surface area contributed by atoms with E-state index in [1.54, 1.807) is 0 Å². The molecule has 7 nitrogen and oxygen atoms in total. The number of nitrogens with one attached hydrogen (secondary N) is 3. The van der Waals surface area contributed by atoms with Crippen LogP contribution in [0.2, 0.25) is 0 Å². The summed E-state index contributed by atoms with van der Waals surface area (Å²) < 4.78 is 5.86. The molecule has 1 aliphatic rings. The van der Waals surface area contributed by atoms with Gasteiger partial charge in [0.2, 0.25) is 5.95 Å². The second-order valence-corrected chi connectivity index (χ2v) is 7.49. The van der Waals surface area contributed by atoms with Gasteiger partial charge in [-0.1, -0.05) is 26.0 Å². The highest BCUT2D eigenvalue weighted by Gasteiger charge is 2.29. The predicted octanol–water partition coefficient (Wildman–Crippen LogP) is 3.04. The highest BCUT2D eigenvalue weighted by Crippen LogP contribution is 2.35. The van der Waals surface area contributed by atoms with Gasteiger partial charge in [0.1, 0.15) is 17.2 Å². The number of rotatable bonds is 5. The van der Waals surface area contributed by atoms with Gasteiger partial charge in [-0.2, -0.15) is 4.98 Å². The fraction of sp³-hybridized carbons (Fsp3) is 0.500. The molecule has 0 saturated carbocycles. The van der Waals surface area contributed by atoms with Crippen molar-refractivity contribution in [2.75, 3.05) is 5.32 Å². The number of carbonyl (C=O) groups excluding carboxylic acids is 1. The highest BCUT2D eigenvalue weighted by molar-refractivity contribution is 5.87. The van der Waals surface area contributed by atoms with Crippen LogP contribution in [0.25, 0.3) is 0 Å². The lowest BCUT2D eigenvalue weighted by molar-refractivity contribution is 0.138. The molecule has 2 aromatic rings. The molecule has 2 amide bonds. The lowest BCUT2D eigenvalue weighted by Gasteiger charge is -2.16. The molecule has 0 atom stereocenters. The summed E-state index contributed by atoms with van der Waals surface area (Å²) in [5, 5.41) is 12.3. The van der Waals surface area contributed by atoms with Gasteiger partial charge in [0.05, 0.1) is 0 Å². The summed E-state index contributed by atoms with van der Waals surface area (Å²) in [5.74, 6) is 2.46. The van der Waals surface area contributed by atoms with Gasteiger partial charge in [-0.3, -0.25) is 10.4 Å². The Morgan fingerprint density at radius 3 is 2.96 bits per heavy atom. The van der Waals surface area contributed by atoms with Gasteiger partial charge in [0.25, 0.3) is 0 Å². The van der Waals surface area contributed by atoms with Crippen LogP contribution in [0.3, 0.4) is 0 Å². The number of benzene rings is 1. The molecule has 1 aliphatic heterocycles. The smallest absolute Gasteiger partial charge is 0.321 e. The molecule has 3 rings (SSSR count). The third-order valence-electron chi connectivity index (χ3n) is 3.94. The van der Waals surface area contributed by atoms with E-state index >= 15 is 0 Å². The van der Waals surface area contributed by atoms with E-state index in [2.05, 4.69) is 59.6 Å². The van der Waals surface area contributed by atoms with Crippen molar-refractivity contribution in [2.24, 2.45) is 5.92 Å². The molecule has 0 unspecified atom stereocenters. The van der Waals surface area contributed by atoms with Crippen molar-refractivity contribution in [1.29, 1.82) is 0 Å². The Kier molecular flexibility index (Phi) is 4.65. The molecule has 0 spiro atoms. The van der Waals surface area contributed by atoms with Gasteiger partial charge in [0, 0.05) is 19.4 Å². The molecular formula is C18H25N5O2. The Labute approximate surface area is 147 Å². The molecule has 2 heterocycles. The molecule has 0 saturated heterocycles. The number of ether oxygens (including phenoxy) is 1. The van der Waals surface area contributed by atoms with Gasteiger partial charge in [-0.15, -0.1) is 5.10 Å². The van der Waals surface area contributed by atoms with Crippen LogP contribution in [0.4, 0.5) is 10.7 Å². The standard InChI is InChI=1S/C18H25N5O2/c1-11(2)7-15-20-16(23-22-15)21-17(24)19-10-12-5-6-14-13(8-12)9-18(3,4)25-14/h5-6,8,11H,7,9-10H2,1-4H3,(H3,19,20,21,22,23,24). The van der Waals surface area contributed by atoms with E-state index in [9.17, 15) is 4.79 Å². The zero-order chi connectivity index (χ0) is 18.0. The predicted molar refractivity (Wildman–Crippen MR) is 95.6 cm³/mol. The van der Waals surface area contributed by atoms with E-state index < -0.39 is 0 Å². The summed E-state index contributed by atoms with van der Waals surface area (Å²) >= 11 is 0. The van der Waals surface area contributed by atoms with E-state index in [4.69, 9.17) is 4.74 Å². The summed E-state index contributed by atoms with van der Waals surface area (Å²) in [7, 11) is 0. The molecular weight excluding hydrogens is 318 g/mol. The Bertz CT molecular complexity index is 767. The number of hydrogen-bond acceptors (Lipinski definition) is 4. The van der Waals surface area contributed by atoms with E-state index in [-0.39, 0.29) is 17.6 Å². The van der Waals surface area contributed by atoms with Crippen LogP contribution < -0.4 is 15.4 Å². The first-order valence-corrected chi connectivity index (χ1v) is 8.58. The third-order valence-corrected chi connectivity index (χ3v) is 3.94. The van der Waals surface area contributed by atoms with E-state index in [0.717, 1.165) is 30.0 Å². The van der Waals surface area contributed by atoms with Gasteiger partial charge in [-0.05, 0) is 37.0 Å². The number of urea groups is 1. The van der Waals surface area contributed by atoms with Gasteiger partial charge in [-0.25, -0.2) is 4.79 Å². The second kappa shape index (κ2) is 6.74. The van der Waals surface area contributed by atoms with E-state index in [1.807, 2.05) is 12.1 Å². The van der Waals surface area contributed by atoms with Crippen LogP contribution in [-0.2, 0) is 19.4 Å². The third kappa shape index (κ3) is 4.49. The molecule has 0 aliphatic carbocycles. The van der Waals surface area contributed by atoms with Crippen LogP contribution in [0.1, 0.15) is 44.6 Å². The zero-order valence-corrected chi connectivity index (χ0v) is 15.1. The van der Waals surface area contributed by atoms with Gasteiger partial charge < -0.3 is 10.1 Å². The molecule has 3 N–H and O–H groups in total. The average molecular weight is 343 g/mol. The van der Waals surface area contributed by atoms with Crippen molar-refractivity contribution in [1.82, 2.24) is 20.5 Å². The Balaban J connectivity index is 1.52. The minimum atomic E-state index is -0.327. The number of fused-ring (bicyclic) bond motifs is 1. The topological polar surface area (TPSA) is 91.9 Å². The molecule has 1 aromatic carbocycles. The summed E-state index contributed by atoms with van der Waals surface area (Å²) in [6.07, 6.45) is 1.67. The maximum Gasteiger partial charge on any atom is 0.321 e. The minimum Gasteiger partial charge on any atom is -0.487 e. The van der Waals surface area contributed by atoms with Crippen LogP contribution in [0.15, 0.2) is 18.2 Å². The molecule has 0 fully saturated rings. The first kappa shape index (κ1) is 17.3. The molecule has 134 valence electrons. The number of nitrogens with zero attached hydrogens (tertiary/aromatic N) is 2. The van der Waals surface area contributed by atoms with Crippen LogP contribution in [0, 0.1) is 5.92 Å². The van der Waals surface area contributed by atoms with Crippen LogP contribution in [-0.4, -0.2) is 26.8 Å². The second-order valence-electron chi connectivity index (χ2n) is 7.49. The van der Waals surface area contributed by atoms with Gasteiger partial charge in [0.15, 0.2) is 0 Å². The first-order valence-electron chi connectivity index (χ1n) is 8.58. The van der Waals surface area contributed by atoms with Crippen LogP contribution >= 0.6 is 0 Å². The number of aromatic nitrogens is 3. The normalized spacial score (nSPS) is 14.9. The maximum atomic E-state index is 12.0. The number of aromatic amines is 1. The summed E-state index contributed by atoms with van der Waals surface area (Å²) in [4.78, 5) is 16.3. The minimum absolute atomic E-state index is 0.162. The first-order chi connectivity index (χ1) is 11.8. The number of carbonyl (C=O) groups is 1. The zero-order valence-electron chi connectivity index (χ0n) is 15.1. The molecule has 0 radical (unpaired) electrons. The summed E-state index contributed by atoms with van der Waals surface area (Å²) in [6, 6.07) is 5.69. The Morgan fingerprint density at radius 2 is 2.20 bits per heavy atom. The number of anilines is 1. The summed E-state index contributed by atoms with van der Waals surface area (Å²) in [5.41, 5.74) is 2.05. The SMILES string of the molecule is CC(C)Cc1nc(NC(=O)NCc2ccc3c(c2)CC(C)(C)O3)n[nH]1. The lowest BCUT2D eigenvalue weighted by Crippen LogP contribution is -2.28. The highest BCUT2D eigenvalue weighted by atomic mass is 16.5. The largest absolute Gasteiger partial charge is 0.487 e. The molecule has 25 heavy (non-hydrogen) atoms. The molecule has 7 heteroatoms. The number of hydrogen-bond donors (Lipinski definition) is 3. The fourth-order valence-electron chi connectivity index (χ4n) is 2.93. The van der Waals surface area contributed by atoms with Gasteiger partial charge >= 0.3 is 6.03 Å². The molecule has 0 bridgehead atoms. The van der Waals surface area contributed by atoms with E-state index in [1.165, 1.54) is 5.56 Å². The summed E-state index contributed by atoms with van der Waals surface area (Å²) in [6.45, 7) is 8.78. The van der Waals surface area contributed by atoms with E-state index in [0.29, 0.717) is 12.5 Å². The van der Waals surface area contributed by atoms with Crippen molar-refractivity contribution in [3.63, 3.8) is 0 Å².